The molecule has 0 aliphatic heterocycles. The lowest BCUT2D eigenvalue weighted by Gasteiger charge is -2.07. The molecule has 1 fully saturated rings. The van der Waals surface area contributed by atoms with Crippen molar-refractivity contribution in [2.75, 3.05) is 0 Å². The maximum Gasteiger partial charge on any atom is 0.325 e. The Morgan fingerprint density at radius 2 is 1.96 bits per heavy atom. The van der Waals surface area contributed by atoms with Crippen LogP contribution < -0.4 is 11.2 Å². The van der Waals surface area contributed by atoms with Crippen LogP contribution in [0, 0.1) is 11.6 Å². The Balaban J connectivity index is 1.60. The Morgan fingerprint density at radius 1 is 1.11 bits per heavy atom. The SMILES string of the molecule is O=c1[nH]cc(-c2cc([C@@H]3C[C@H]3c3ccc(F)c(F)c3)c3nccn3n2)c(=O)[nH]1. The number of fused-ring (bicyclic) bond motifs is 1. The van der Waals surface area contributed by atoms with E-state index in [0.29, 0.717) is 16.9 Å². The number of hydrogen-bond acceptors (Lipinski definition) is 4. The molecule has 9 heteroatoms. The van der Waals surface area contributed by atoms with E-state index in [0.717, 1.165) is 18.1 Å². The zero-order chi connectivity index (χ0) is 19.4. The molecule has 0 unspecified atom stereocenters. The number of halogens is 2. The molecule has 0 amide bonds. The molecule has 2 atom stereocenters. The van der Waals surface area contributed by atoms with Gasteiger partial charge in [0.2, 0.25) is 0 Å². The van der Waals surface area contributed by atoms with Gasteiger partial charge in [-0.05, 0) is 42.0 Å². The molecule has 0 bridgehead atoms. The summed E-state index contributed by atoms with van der Waals surface area (Å²) in [5.41, 5.74) is 1.67. The van der Waals surface area contributed by atoms with E-state index in [9.17, 15) is 18.4 Å². The fraction of sp³-hybridized carbons (Fsp3) is 0.158. The van der Waals surface area contributed by atoms with Crippen LogP contribution in [0.15, 0.2) is 52.4 Å². The van der Waals surface area contributed by atoms with Crippen LogP contribution in [0.4, 0.5) is 8.78 Å². The van der Waals surface area contributed by atoms with Crippen LogP contribution in [0.3, 0.4) is 0 Å². The lowest BCUT2D eigenvalue weighted by Crippen LogP contribution is -2.23. The van der Waals surface area contributed by atoms with Crippen molar-refractivity contribution < 1.29 is 8.78 Å². The Bertz CT molecular complexity index is 1340. The van der Waals surface area contributed by atoms with Crippen LogP contribution >= 0.6 is 0 Å². The fourth-order valence-electron chi connectivity index (χ4n) is 3.60. The molecule has 3 aromatic heterocycles. The second kappa shape index (κ2) is 5.95. The summed E-state index contributed by atoms with van der Waals surface area (Å²) in [4.78, 5) is 32.4. The van der Waals surface area contributed by atoms with Crippen molar-refractivity contribution in [1.82, 2.24) is 24.6 Å². The van der Waals surface area contributed by atoms with E-state index in [-0.39, 0.29) is 17.4 Å². The van der Waals surface area contributed by atoms with Crippen LogP contribution in [-0.2, 0) is 0 Å². The summed E-state index contributed by atoms with van der Waals surface area (Å²) in [6, 6.07) is 5.69. The maximum atomic E-state index is 13.6. The summed E-state index contributed by atoms with van der Waals surface area (Å²) in [6.07, 6.45) is 5.33. The summed E-state index contributed by atoms with van der Waals surface area (Å²) >= 11 is 0. The van der Waals surface area contributed by atoms with Crippen LogP contribution in [0.1, 0.15) is 29.4 Å². The highest BCUT2D eigenvalue weighted by atomic mass is 19.2. The first-order valence-corrected chi connectivity index (χ1v) is 8.63. The summed E-state index contributed by atoms with van der Waals surface area (Å²) in [5, 5.41) is 4.39. The topological polar surface area (TPSA) is 95.9 Å². The largest absolute Gasteiger partial charge is 0.325 e. The van der Waals surface area contributed by atoms with E-state index in [1.165, 1.54) is 12.3 Å². The van der Waals surface area contributed by atoms with Gasteiger partial charge in [-0.2, -0.15) is 5.10 Å². The van der Waals surface area contributed by atoms with Gasteiger partial charge in [0.15, 0.2) is 17.3 Å². The molecule has 7 nitrogen and oxygen atoms in total. The Hall–Kier alpha value is -3.62. The van der Waals surface area contributed by atoms with Gasteiger partial charge in [0.05, 0.1) is 11.3 Å². The van der Waals surface area contributed by atoms with Gasteiger partial charge in [-0.15, -0.1) is 0 Å². The van der Waals surface area contributed by atoms with Crippen LogP contribution in [0.25, 0.3) is 16.9 Å². The number of rotatable bonds is 3. The highest BCUT2D eigenvalue weighted by molar-refractivity contribution is 5.63. The minimum atomic E-state index is -0.875. The number of benzene rings is 1. The molecule has 0 spiro atoms. The molecule has 1 aliphatic rings. The first-order chi connectivity index (χ1) is 13.5. The summed E-state index contributed by atoms with van der Waals surface area (Å²) in [5.74, 6) is -1.68. The smallest absolute Gasteiger partial charge is 0.313 e. The zero-order valence-corrected chi connectivity index (χ0v) is 14.3. The van der Waals surface area contributed by atoms with Gasteiger partial charge in [-0.1, -0.05) is 6.07 Å². The maximum absolute atomic E-state index is 13.6. The first kappa shape index (κ1) is 16.5. The Labute approximate surface area is 155 Å². The van der Waals surface area contributed by atoms with E-state index in [2.05, 4.69) is 20.1 Å². The van der Waals surface area contributed by atoms with Gasteiger partial charge in [-0.3, -0.25) is 9.78 Å². The number of aromatic amines is 2. The molecular weight excluding hydrogens is 368 g/mol. The highest BCUT2D eigenvalue weighted by Crippen LogP contribution is 2.55. The minimum Gasteiger partial charge on any atom is -0.313 e. The van der Waals surface area contributed by atoms with E-state index < -0.39 is 22.9 Å². The van der Waals surface area contributed by atoms with E-state index in [1.54, 1.807) is 29.0 Å². The van der Waals surface area contributed by atoms with Gasteiger partial charge >= 0.3 is 5.69 Å². The molecule has 1 aliphatic carbocycles. The number of nitrogens with one attached hydrogen (secondary N) is 2. The van der Waals surface area contributed by atoms with Crippen LogP contribution in [0.2, 0.25) is 0 Å². The molecule has 1 saturated carbocycles. The molecule has 0 radical (unpaired) electrons. The van der Waals surface area contributed by atoms with E-state index in [1.807, 2.05) is 0 Å². The van der Waals surface area contributed by atoms with Crippen molar-refractivity contribution in [1.29, 1.82) is 0 Å². The number of H-pyrrole nitrogens is 2. The molecule has 2 N–H and O–H groups in total. The van der Waals surface area contributed by atoms with Gasteiger partial charge < -0.3 is 4.98 Å². The highest BCUT2D eigenvalue weighted by Gasteiger charge is 2.41. The molecule has 3 heterocycles. The quantitative estimate of drug-likeness (QED) is 0.569. The van der Waals surface area contributed by atoms with Crippen molar-refractivity contribution in [2.24, 2.45) is 0 Å². The molecule has 0 saturated heterocycles. The predicted octanol–water partition coefficient (Wildman–Crippen LogP) is 2.32. The third-order valence-electron chi connectivity index (χ3n) is 5.04. The number of hydrogen-bond donors (Lipinski definition) is 2. The standard InChI is InChI=1S/C19H13F2N5O2/c20-14-2-1-9(5-15(14)21)10-6-11(10)12-7-16(25-26-4-3-22-17(12)26)13-8-23-19(28)24-18(13)27/h1-5,7-8,10-11H,6H2,(H2,23,24,27,28)/t10-,11+/m0/s1. The third kappa shape index (κ3) is 2.63. The lowest BCUT2D eigenvalue weighted by molar-refractivity contribution is 0.507. The average Bonchev–Trinajstić information content (AvgIpc) is 3.31. The van der Waals surface area contributed by atoms with E-state index >= 15 is 0 Å². The Kier molecular flexibility index (Phi) is 3.51. The molecule has 4 aromatic rings. The minimum absolute atomic E-state index is 0.0275. The number of nitrogens with zero attached hydrogens (tertiary/aromatic N) is 3. The van der Waals surface area contributed by atoms with Gasteiger partial charge in [0.1, 0.15) is 0 Å². The molecular formula is C19H13F2N5O2. The molecule has 5 rings (SSSR count). The second-order valence-electron chi connectivity index (χ2n) is 6.79. The van der Waals surface area contributed by atoms with Gasteiger partial charge in [0.25, 0.3) is 5.56 Å². The van der Waals surface area contributed by atoms with Crippen molar-refractivity contribution in [3.8, 4) is 11.3 Å². The van der Waals surface area contributed by atoms with Crippen LogP contribution in [0.5, 0.6) is 0 Å². The molecule has 1 aromatic carbocycles. The normalized spacial score (nSPS) is 18.5. The average molecular weight is 381 g/mol. The van der Waals surface area contributed by atoms with Crippen LogP contribution in [-0.4, -0.2) is 24.6 Å². The Morgan fingerprint density at radius 3 is 2.75 bits per heavy atom. The second-order valence-corrected chi connectivity index (χ2v) is 6.79. The summed E-state index contributed by atoms with van der Waals surface area (Å²) in [6.45, 7) is 0. The lowest BCUT2D eigenvalue weighted by atomic mass is 10.0. The fourth-order valence-corrected chi connectivity index (χ4v) is 3.60. The number of aromatic nitrogens is 5. The molecule has 28 heavy (non-hydrogen) atoms. The molecule has 140 valence electrons. The van der Waals surface area contributed by atoms with E-state index in [4.69, 9.17) is 0 Å². The first-order valence-electron chi connectivity index (χ1n) is 8.63. The monoisotopic (exact) mass is 381 g/mol. The predicted molar refractivity (Wildman–Crippen MR) is 96.1 cm³/mol. The van der Waals surface area contributed by atoms with Crippen molar-refractivity contribution in [2.45, 2.75) is 18.3 Å². The third-order valence-corrected chi connectivity index (χ3v) is 5.04. The van der Waals surface area contributed by atoms with Crippen molar-refractivity contribution in [3.63, 3.8) is 0 Å². The zero-order valence-electron chi connectivity index (χ0n) is 14.3. The summed E-state index contributed by atoms with van der Waals surface area (Å²) < 4.78 is 28.4. The van der Waals surface area contributed by atoms with Gasteiger partial charge in [-0.25, -0.2) is 23.1 Å². The van der Waals surface area contributed by atoms with Crippen molar-refractivity contribution >= 4 is 5.65 Å². The summed E-state index contributed by atoms with van der Waals surface area (Å²) in [7, 11) is 0. The number of imidazole rings is 1. The van der Waals surface area contributed by atoms with Crippen molar-refractivity contribution in [3.05, 3.63) is 86.5 Å². The van der Waals surface area contributed by atoms with Gasteiger partial charge in [0, 0.05) is 24.2 Å².